The van der Waals surface area contributed by atoms with Gasteiger partial charge < -0.3 is 9.47 Å². The van der Waals surface area contributed by atoms with E-state index in [9.17, 15) is 0 Å². The number of benzene rings is 1. The molecule has 0 bridgehead atoms. The quantitative estimate of drug-likeness (QED) is 0.696. The molecule has 0 unspecified atom stereocenters. The summed E-state index contributed by atoms with van der Waals surface area (Å²) in [5.41, 5.74) is 4.37. The molecule has 142 valence electrons. The van der Waals surface area contributed by atoms with E-state index in [0.717, 1.165) is 47.7 Å². The molecule has 0 N–H and O–H groups in total. The van der Waals surface area contributed by atoms with Crippen molar-refractivity contribution in [3.63, 3.8) is 0 Å². The molecule has 4 nitrogen and oxygen atoms in total. The van der Waals surface area contributed by atoms with Gasteiger partial charge in [-0.05, 0) is 76.5 Å². The number of allylic oxidation sites excluding steroid dienone is 1. The zero-order valence-corrected chi connectivity index (χ0v) is 16.6. The Morgan fingerprint density at radius 3 is 2.56 bits per heavy atom. The van der Waals surface area contributed by atoms with Crippen LogP contribution in [0, 0.1) is 0 Å². The Labute approximate surface area is 162 Å². The van der Waals surface area contributed by atoms with Crippen LogP contribution in [-0.4, -0.2) is 29.4 Å². The van der Waals surface area contributed by atoms with Crippen molar-refractivity contribution in [2.45, 2.75) is 52.7 Å². The average molecular weight is 364 g/mol. The van der Waals surface area contributed by atoms with E-state index in [1.54, 1.807) is 6.20 Å². The number of aromatic nitrogens is 1. The van der Waals surface area contributed by atoms with E-state index >= 15 is 0 Å². The van der Waals surface area contributed by atoms with Crippen LogP contribution in [0.2, 0.25) is 0 Å². The third kappa shape index (κ3) is 5.19. The lowest BCUT2D eigenvalue weighted by molar-refractivity contribution is 0.229. The second-order valence-electron chi connectivity index (χ2n) is 7.28. The molecule has 4 heteroatoms. The second-order valence-corrected chi connectivity index (χ2v) is 7.28. The van der Waals surface area contributed by atoms with Crippen LogP contribution in [0.3, 0.4) is 0 Å². The minimum absolute atomic E-state index is 0.0919. The molecule has 1 aliphatic heterocycles. The molecule has 1 aromatic heterocycles. The number of pyridine rings is 1. The van der Waals surface area contributed by atoms with Crippen LogP contribution in [0.1, 0.15) is 51.7 Å². The molecule has 0 radical (unpaired) electrons. The summed E-state index contributed by atoms with van der Waals surface area (Å²) in [6.07, 6.45) is 8.14. The first-order valence-corrected chi connectivity index (χ1v) is 9.66. The van der Waals surface area contributed by atoms with Gasteiger partial charge in [-0.25, -0.2) is 0 Å². The second kappa shape index (κ2) is 8.85. The number of ether oxygens (including phenoxy) is 2. The van der Waals surface area contributed by atoms with E-state index in [4.69, 9.17) is 14.5 Å². The Bertz CT molecular complexity index is 824. The summed E-state index contributed by atoms with van der Waals surface area (Å²) < 4.78 is 11.9. The first-order chi connectivity index (χ1) is 13.0. The number of nitrogens with zero attached hydrogens (tertiary/aromatic N) is 2. The molecule has 2 heterocycles. The SMILES string of the molecule is CC(C)Oc1ccc(/C=C2\CCCN=C2c2cccnc2)c(OC(C)C)c1. The highest BCUT2D eigenvalue weighted by atomic mass is 16.5. The maximum Gasteiger partial charge on any atom is 0.130 e. The van der Waals surface area contributed by atoms with Crippen molar-refractivity contribution >= 4 is 11.8 Å². The molecule has 1 aliphatic rings. The lowest BCUT2D eigenvalue weighted by Gasteiger charge is -2.19. The van der Waals surface area contributed by atoms with E-state index in [-0.39, 0.29) is 12.2 Å². The molecule has 0 aliphatic carbocycles. The monoisotopic (exact) mass is 364 g/mol. The molecule has 3 rings (SSSR count). The maximum absolute atomic E-state index is 6.07. The molecule has 2 aromatic rings. The van der Waals surface area contributed by atoms with Gasteiger partial charge in [-0.15, -0.1) is 0 Å². The van der Waals surface area contributed by atoms with Gasteiger partial charge in [0.15, 0.2) is 0 Å². The molecule has 1 aromatic carbocycles. The van der Waals surface area contributed by atoms with Gasteiger partial charge in [-0.3, -0.25) is 9.98 Å². The normalized spacial score (nSPS) is 15.9. The molecular weight excluding hydrogens is 336 g/mol. The van der Waals surface area contributed by atoms with Gasteiger partial charge in [0.2, 0.25) is 0 Å². The van der Waals surface area contributed by atoms with E-state index in [1.165, 1.54) is 5.57 Å². The van der Waals surface area contributed by atoms with Gasteiger partial charge in [-0.2, -0.15) is 0 Å². The van der Waals surface area contributed by atoms with Crippen molar-refractivity contribution in [1.82, 2.24) is 4.98 Å². The molecule has 27 heavy (non-hydrogen) atoms. The van der Waals surface area contributed by atoms with E-state index in [0.29, 0.717) is 0 Å². The fraction of sp³-hybridized carbons (Fsp3) is 0.391. The summed E-state index contributed by atoms with van der Waals surface area (Å²) in [6.45, 7) is 8.99. The van der Waals surface area contributed by atoms with Crippen molar-refractivity contribution in [3.8, 4) is 11.5 Å². The molecule has 0 amide bonds. The van der Waals surface area contributed by atoms with Crippen LogP contribution in [0.15, 0.2) is 53.3 Å². The largest absolute Gasteiger partial charge is 0.491 e. The average Bonchev–Trinajstić information content (AvgIpc) is 2.64. The van der Waals surface area contributed by atoms with Crippen molar-refractivity contribution in [1.29, 1.82) is 0 Å². The Kier molecular flexibility index (Phi) is 6.28. The first kappa shape index (κ1) is 19.2. The summed E-state index contributed by atoms with van der Waals surface area (Å²) >= 11 is 0. The summed E-state index contributed by atoms with van der Waals surface area (Å²) in [5, 5.41) is 0. The Morgan fingerprint density at radius 2 is 1.85 bits per heavy atom. The van der Waals surface area contributed by atoms with Gasteiger partial charge in [0.25, 0.3) is 0 Å². The lowest BCUT2D eigenvalue weighted by atomic mass is 9.94. The summed E-state index contributed by atoms with van der Waals surface area (Å²) in [6, 6.07) is 10.1. The molecule has 0 fully saturated rings. The van der Waals surface area contributed by atoms with Crippen molar-refractivity contribution in [2.75, 3.05) is 6.54 Å². The van der Waals surface area contributed by atoms with E-state index < -0.39 is 0 Å². The maximum atomic E-state index is 6.07. The highest BCUT2D eigenvalue weighted by Crippen LogP contribution is 2.31. The van der Waals surface area contributed by atoms with E-state index in [1.807, 2.05) is 52.1 Å². The van der Waals surface area contributed by atoms with Gasteiger partial charge in [-0.1, -0.05) is 0 Å². The number of aliphatic imine (C=N–C) groups is 1. The highest BCUT2D eigenvalue weighted by molar-refractivity contribution is 6.15. The molecular formula is C23H28N2O2. The minimum Gasteiger partial charge on any atom is -0.491 e. The Hall–Kier alpha value is -2.62. The summed E-state index contributed by atoms with van der Waals surface area (Å²) in [7, 11) is 0. The van der Waals surface area contributed by atoms with Gasteiger partial charge in [0.05, 0.1) is 17.9 Å². The number of rotatable bonds is 6. The predicted molar refractivity (Wildman–Crippen MR) is 111 cm³/mol. The standard InChI is InChI=1S/C23H28N2O2/c1-16(2)26-21-10-9-18(22(14-21)27-17(3)4)13-19-7-6-12-25-23(19)20-8-5-11-24-15-20/h5,8-11,13-17H,6-7,12H2,1-4H3/b19-13+. The molecule has 0 saturated heterocycles. The minimum atomic E-state index is 0.0919. The Morgan fingerprint density at radius 1 is 1.04 bits per heavy atom. The highest BCUT2D eigenvalue weighted by Gasteiger charge is 2.16. The zero-order chi connectivity index (χ0) is 19.2. The number of hydrogen-bond donors (Lipinski definition) is 0. The third-order valence-electron chi connectivity index (χ3n) is 4.16. The summed E-state index contributed by atoms with van der Waals surface area (Å²) in [4.78, 5) is 9.02. The molecule has 0 spiro atoms. The fourth-order valence-electron chi connectivity index (χ4n) is 3.12. The van der Waals surface area contributed by atoms with Crippen LogP contribution >= 0.6 is 0 Å². The first-order valence-electron chi connectivity index (χ1n) is 9.66. The lowest BCUT2D eigenvalue weighted by Crippen LogP contribution is -2.12. The predicted octanol–water partition coefficient (Wildman–Crippen LogP) is 5.32. The topological polar surface area (TPSA) is 43.7 Å². The third-order valence-corrected chi connectivity index (χ3v) is 4.16. The smallest absolute Gasteiger partial charge is 0.130 e. The Balaban J connectivity index is 1.98. The van der Waals surface area contributed by atoms with Crippen LogP contribution in [0.25, 0.3) is 6.08 Å². The number of hydrogen-bond acceptors (Lipinski definition) is 4. The van der Waals surface area contributed by atoms with Crippen LogP contribution in [0.4, 0.5) is 0 Å². The fourth-order valence-corrected chi connectivity index (χ4v) is 3.12. The summed E-state index contributed by atoms with van der Waals surface area (Å²) in [5.74, 6) is 1.67. The van der Waals surface area contributed by atoms with Crippen LogP contribution in [0.5, 0.6) is 11.5 Å². The van der Waals surface area contributed by atoms with E-state index in [2.05, 4.69) is 23.2 Å². The van der Waals surface area contributed by atoms with Crippen molar-refractivity contribution < 1.29 is 9.47 Å². The molecule has 0 saturated carbocycles. The van der Waals surface area contributed by atoms with Crippen molar-refractivity contribution in [2.24, 2.45) is 4.99 Å². The zero-order valence-electron chi connectivity index (χ0n) is 16.6. The van der Waals surface area contributed by atoms with Crippen LogP contribution in [-0.2, 0) is 0 Å². The van der Waals surface area contributed by atoms with Crippen molar-refractivity contribution in [3.05, 3.63) is 59.4 Å². The van der Waals surface area contributed by atoms with Crippen LogP contribution < -0.4 is 9.47 Å². The van der Waals surface area contributed by atoms with Gasteiger partial charge in [0, 0.05) is 36.1 Å². The van der Waals surface area contributed by atoms with Gasteiger partial charge >= 0.3 is 0 Å². The molecule has 0 atom stereocenters. The van der Waals surface area contributed by atoms with Gasteiger partial charge in [0.1, 0.15) is 11.5 Å².